The van der Waals surface area contributed by atoms with Crippen LogP contribution in [0, 0.1) is 5.82 Å². The fraction of sp³-hybridized carbons (Fsp3) is 0.474. The maximum atomic E-state index is 12.9. The van der Waals surface area contributed by atoms with Crippen molar-refractivity contribution < 1.29 is 9.18 Å². The molecule has 0 atom stereocenters. The first kappa shape index (κ1) is 20.6. The van der Waals surface area contributed by atoms with Gasteiger partial charge in [0.2, 0.25) is 5.91 Å². The van der Waals surface area contributed by atoms with Gasteiger partial charge in [0.25, 0.3) is 0 Å². The van der Waals surface area contributed by atoms with Crippen LogP contribution < -0.4 is 10.1 Å². The molecule has 1 aliphatic rings. The summed E-state index contributed by atoms with van der Waals surface area (Å²) in [5.74, 6) is -0.309. The van der Waals surface area contributed by atoms with Gasteiger partial charge in [-0.3, -0.25) is 9.79 Å². The number of carbonyl (C=O) groups is 1. The van der Waals surface area contributed by atoms with Gasteiger partial charge >= 0.3 is 0 Å². The van der Waals surface area contributed by atoms with Gasteiger partial charge in [0.15, 0.2) is 4.80 Å². The lowest BCUT2D eigenvalue weighted by molar-refractivity contribution is -0.120. The third kappa shape index (κ3) is 5.68. The summed E-state index contributed by atoms with van der Waals surface area (Å²) in [6.07, 6.45) is 6.52. The topological polar surface area (TPSA) is 46.4 Å². The van der Waals surface area contributed by atoms with E-state index in [9.17, 15) is 9.18 Å². The highest BCUT2D eigenvalue weighted by Gasteiger charge is 2.13. The lowest BCUT2D eigenvalue weighted by Gasteiger charge is -2.16. The van der Waals surface area contributed by atoms with Crippen LogP contribution in [0.25, 0.3) is 0 Å². The molecular formula is C19H25ClFN3OS. The van der Waals surface area contributed by atoms with Crippen molar-refractivity contribution in [1.82, 2.24) is 9.88 Å². The van der Waals surface area contributed by atoms with Crippen LogP contribution in [0.1, 0.15) is 43.4 Å². The zero-order chi connectivity index (χ0) is 17.6. The largest absolute Gasteiger partial charge is 0.352 e. The zero-order valence-electron chi connectivity index (χ0n) is 14.9. The Kier molecular flexibility index (Phi) is 7.85. The summed E-state index contributed by atoms with van der Waals surface area (Å²) in [6.45, 7) is 0.409. The quantitative estimate of drug-likeness (QED) is 0.820. The minimum absolute atomic E-state index is 0. The third-order valence-corrected chi connectivity index (χ3v) is 5.61. The van der Waals surface area contributed by atoms with E-state index in [0.717, 1.165) is 16.1 Å². The van der Waals surface area contributed by atoms with Crippen LogP contribution in [0.2, 0.25) is 0 Å². The number of rotatable bonds is 5. The standard InChI is InChI=1S/C19H24FN3OS.ClH/c1-23-17(13-25-19(23)22-16-5-3-2-4-6-16)11-18(24)21-12-14-7-9-15(20)10-8-14;/h7-10,13,16H,2-6,11-12H2,1H3,(H,21,24);1H. The lowest BCUT2D eigenvalue weighted by atomic mass is 9.96. The van der Waals surface area contributed by atoms with Gasteiger partial charge in [-0.05, 0) is 30.5 Å². The van der Waals surface area contributed by atoms with E-state index in [2.05, 4.69) is 5.32 Å². The van der Waals surface area contributed by atoms with Crippen LogP contribution in [0.5, 0.6) is 0 Å². The molecule has 0 saturated heterocycles. The van der Waals surface area contributed by atoms with Crippen molar-refractivity contribution in [3.63, 3.8) is 0 Å². The van der Waals surface area contributed by atoms with Crippen molar-refractivity contribution in [2.75, 3.05) is 0 Å². The molecule has 1 aliphatic carbocycles. The molecule has 1 fully saturated rings. The molecule has 3 rings (SSSR count). The van der Waals surface area contributed by atoms with Crippen molar-refractivity contribution in [3.05, 3.63) is 51.5 Å². The maximum Gasteiger partial charge on any atom is 0.226 e. The maximum absolute atomic E-state index is 12.9. The molecule has 1 aromatic carbocycles. The normalized spacial score (nSPS) is 15.5. The Balaban J connectivity index is 0.00000243. The molecule has 7 heteroatoms. The monoisotopic (exact) mass is 397 g/mol. The van der Waals surface area contributed by atoms with E-state index in [0.29, 0.717) is 19.0 Å². The van der Waals surface area contributed by atoms with Crippen LogP contribution in [0.15, 0.2) is 34.6 Å². The molecule has 1 heterocycles. The van der Waals surface area contributed by atoms with Gasteiger partial charge in [0.1, 0.15) is 5.82 Å². The van der Waals surface area contributed by atoms with Gasteiger partial charge in [0.05, 0.1) is 12.5 Å². The molecular weight excluding hydrogens is 373 g/mol. The molecule has 1 amide bonds. The average molecular weight is 398 g/mol. The second-order valence-electron chi connectivity index (χ2n) is 6.57. The number of nitrogens with zero attached hydrogens (tertiary/aromatic N) is 2. The van der Waals surface area contributed by atoms with Gasteiger partial charge in [-0.25, -0.2) is 4.39 Å². The summed E-state index contributed by atoms with van der Waals surface area (Å²) in [5.41, 5.74) is 1.86. The highest BCUT2D eigenvalue weighted by atomic mass is 35.5. The molecule has 1 N–H and O–H groups in total. The predicted molar refractivity (Wildman–Crippen MR) is 105 cm³/mol. The molecule has 0 bridgehead atoms. The number of nitrogens with one attached hydrogen (secondary N) is 1. The number of hydrogen-bond donors (Lipinski definition) is 1. The molecule has 0 radical (unpaired) electrons. The minimum Gasteiger partial charge on any atom is -0.352 e. The molecule has 0 unspecified atom stereocenters. The first-order valence-electron chi connectivity index (χ1n) is 8.80. The van der Waals surface area contributed by atoms with Crippen LogP contribution in [0.4, 0.5) is 4.39 Å². The van der Waals surface area contributed by atoms with E-state index in [4.69, 9.17) is 4.99 Å². The van der Waals surface area contributed by atoms with E-state index >= 15 is 0 Å². The second-order valence-corrected chi connectivity index (χ2v) is 7.41. The Morgan fingerprint density at radius 1 is 1.27 bits per heavy atom. The average Bonchev–Trinajstić information content (AvgIpc) is 2.95. The first-order valence-corrected chi connectivity index (χ1v) is 9.68. The fourth-order valence-electron chi connectivity index (χ4n) is 3.08. The Morgan fingerprint density at radius 3 is 2.65 bits per heavy atom. The number of halogens is 2. The van der Waals surface area contributed by atoms with Crippen molar-refractivity contribution in [1.29, 1.82) is 0 Å². The number of thiazole rings is 1. The summed E-state index contributed by atoms with van der Waals surface area (Å²) in [5, 5.41) is 4.90. The van der Waals surface area contributed by atoms with Gasteiger partial charge in [-0.15, -0.1) is 23.7 Å². The number of benzene rings is 1. The van der Waals surface area contributed by atoms with Crippen molar-refractivity contribution in [2.45, 2.75) is 51.1 Å². The van der Waals surface area contributed by atoms with E-state index < -0.39 is 0 Å². The van der Waals surface area contributed by atoms with Gasteiger partial charge in [-0.2, -0.15) is 0 Å². The van der Waals surface area contributed by atoms with Crippen molar-refractivity contribution >= 4 is 29.7 Å². The van der Waals surface area contributed by atoms with E-state index in [-0.39, 0.29) is 24.1 Å². The van der Waals surface area contributed by atoms with Crippen LogP contribution in [-0.2, 0) is 24.8 Å². The summed E-state index contributed by atoms with van der Waals surface area (Å²) in [6, 6.07) is 6.60. The van der Waals surface area contributed by atoms with Gasteiger partial charge in [-0.1, -0.05) is 31.4 Å². The summed E-state index contributed by atoms with van der Waals surface area (Å²) in [7, 11) is 1.97. The number of carbonyl (C=O) groups excluding carboxylic acids is 1. The molecule has 2 aromatic rings. The molecule has 1 saturated carbocycles. The molecule has 1 aromatic heterocycles. The Morgan fingerprint density at radius 2 is 1.96 bits per heavy atom. The van der Waals surface area contributed by atoms with E-state index in [1.165, 1.54) is 44.2 Å². The van der Waals surface area contributed by atoms with E-state index in [1.807, 2.05) is 17.0 Å². The minimum atomic E-state index is -0.269. The van der Waals surface area contributed by atoms with Gasteiger partial charge in [0, 0.05) is 24.7 Å². The highest BCUT2D eigenvalue weighted by Crippen LogP contribution is 2.20. The summed E-state index contributed by atoms with van der Waals surface area (Å²) in [4.78, 5) is 18.0. The molecule has 26 heavy (non-hydrogen) atoms. The molecule has 0 spiro atoms. The van der Waals surface area contributed by atoms with Crippen molar-refractivity contribution in [2.24, 2.45) is 12.0 Å². The first-order chi connectivity index (χ1) is 12.1. The Labute approximate surface area is 163 Å². The Bertz CT molecular complexity index is 779. The predicted octanol–water partition coefficient (Wildman–Crippen LogP) is 3.74. The summed E-state index contributed by atoms with van der Waals surface area (Å²) >= 11 is 1.60. The third-order valence-electron chi connectivity index (χ3n) is 4.63. The SMILES string of the molecule is Cl.Cn1c(CC(=O)NCc2ccc(F)cc2)csc1=NC1CCCCC1. The fourth-order valence-corrected chi connectivity index (χ4v) is 4.04. The number of hydrogen-bond acceptors (Lipinski definition) is 3. The van der Waals surface area contributed by atoms with Crippen LogP contribution in [-0.4, -0.2) is 16.5 Å². The van der Waals surface area contributed by atoms with Crippen LogP contribution in [0.3, 0.4) is 0 Å². The molecule has 142 valence electrons. The summed E-state index contributed by atoms with van der Waals surface area (Å²) < 4.78 is 14.9. The number of amides is 1. The zero-order valence-corrected chi connectivity index (χ0v) is 16.5. The second kappa shape index (κ2) is 9.88. The molecule has 4 nitrogen and oxygen atoms in total. The Hall–Kier alpha value is -1.66. The van der Waals surface area contributed by atoms with E-state index in [1.54, 1.807) is 23.5 Å². The number of aromatic nitrogens is 1. The van der Waals surface area contributed by atoms with Crippen molar-refractivity contribution in [3.8, 4) is 0 Å². The smallest absolute Gasteiger partial charge is 0.226 e. The molecule has 0 aliphatic heterocycles. The van der Waals surface area contributed by atoms with Gasteiger partial charge < -0.3 is 9.88 Å². The van der Waals surface area contributed by atoms with Crippen LogP contribution >= 0.6 is 23.7 Å². The highest BCUT2D eigenvalue weighted by molar-refractivity contribution is 7.07. The lowest BCUT2D eigenvalue weighted by Crippen LogP contribution is -2.26.